The highest BCUT2D eigenvalue weighted by molar-refractivity contribution is 5.91. The van der Waals surface area contributed by atoms with Gasteiger partial charge in [-0.15, -0.1) is 0 Å². The smallest absolute Gasteiger partial charge is 0.416 e. The predicted molar refractivity (Wildman–Crippen MR) is 129 cm³/mol. The number of ether oxygens (including phenoxy) is 1. The number of aliphatic hydroxyl groups excluding tert-OH is 1. The molecule has 1 unspecified atom stereocenters. The lowest BCUT2D eigenvalue weighted by atomic mass is 10.1. The molecule has 2 N–H and O–H groups in total. The summed E-state index contributed by atoms with van der Waals surface area (Å²) in [7, 11) is 0. The van der Waals surface area contributed by atoms with E-state index < -0.39 is 23.8 Å². The molecular formula is C26H28F4N4O4. The Kier molecular flexibility index (Phi) is 8.97. The number of β-amino-alcohol motifs (C(OH)–C–C–N with tert-alkyl or cyclic N) is 1. The summed E-state index contributed by atoms with van der Waals surface area (Å²) in [6, 6.07) is 10.4. The van der Waals surface area contributed by atoms with Crippen LogP contribution in [0.15, 0.2) is 59.2 Å². The van der Waals surface area contributed by atoms with Crippen LogP contribution in [0.1, 0.15) is 27.5 Å². The third-order valence-corrected chi connectivity index (χ3v) is 6.04. The van der Waals surface area contributed by atoms with E-state index in [1.54, 1.807) is 0 Å². The minimum absolute atomic E-state index is 0.0508. The Hall–Kier alpha value is -3.48. The molecule has 4 rings (SSSR count). The summed E-state index contributed by atoms with van der Waals surface area (Å²) in [6.07, 6.45) is -3.92. The maximum atomic E-state index is 13.0. The van der Waals surface area contributed by atoms with Gasteiger partial charge in [-0.2, -0.15) is 13.2 Å². The van der Waals surface area contributed by atoms with E-state index in [1.807, 2.05) is 0 Å². The molecule has 1 aliphatic heterocycles. The van der Waals surface area contributed by atoms with Crippen LogP contribution in [-0.2, 0) is 19.3 Å². The van der Waals surface area contributed by atoms with E-state index in [0.29, 0.717) is 56.5 Å². The standard InChI is InChI=1S/C26H28F4N4O4/c27-20-4-6-22(7-5-20)37-16-21(35)14-33-8-10-34(11-9-33)15-24-32-23(17-38-24)25(36)31-13-18-2-1-3-19(12-18)26(28,29)30/h1-7,12,17,21,35H,8-11,13-16H2,(H,31,36). The van der Waals surface area contributed by atoms with Crippen molar-refractivity contribution in [3.8, 4) is 5.75 Å². The lowest BCUT2D eigenvalue weighted by Crippen LogP contribution is -2.48. The molecule has 0 radical (unpaired) electrons. The van der Waals surface area contributed by atoms with E-state index in [-0.39, 0.29) is 24.7 Å². The first-order valence-electron chi connectivity index (χ1n) is 12.1. The monoisotopic (exact) mass is 536 g/mol. The normalized spacial score (nSPS) is 15.8. The molecule has 0 saturated carbocycles. The zero-order valence-electron chi connectivity index (χ0n) is 20.5. The number of nitrogens with one attached hydrogen (secondary N) is 1. The van der Waals surface area contributed by atoms with Crippen molar-refractivity contribution < 1.29 is 36.6 Å². The number of benzene rings is 2. The summed E-state index contributed by atoms with van der Waals surface area (Å²) >= 11 is 0. The number of carbonyl (C=O) groups excluding carboxylic acids is 1. The van der Waals surface area contributed by atoms with Crippen LogP contribution in [-0.4, -0.2) is 71.2 Å². The Balaban J connectivity index is 1.17. The van der Waals surface area contributed by atoms with Crippen molar-refractivity contribution >= 4 is 5.91 Å². The fourth-order valence-electron chi connectivity index (χ4n) is 4.01. The molecule has 12 heteroatoms. The fourth-order valence-corrected chi connectivity index (χ4v) is 4.01. The first kappa shape index (κ1) is 27.6. The third kappa shape index (κ3) is 8.01. The molecule has 1 saturated heterocycles. The summed E-state index contributed by atoms with van der Waals surface area (Å²) in [5, 5.41) is 12.8. The number of amides is 1. The molecule has 1 atom stereocenters. The van der Waals surface area contributed by atoms with Gasteiger partial charge in [0.25, 0.3) is 5.91 Å². The molecule has 2 aromatic carbocycles. The minimum atomic E-state index is -4.45. The van der Waals surface area contributed by atoms with E-state index in [2.05, 4.69) is 20.1 Å². The molecule has 8 nitrogen and oxygen atoms in total. The van der Waals surface area contributed by atoms with Crippen LogP contribution in [0.3, 0.4) is 0 Å². The average Bonchev–Trinajstić information content (AvgIpc) is 3.36. The van der Waals surface area contributed by atoms with Crippen LogP contribution in [0.2, 0.25) is 0 Å². The number of piperazine rings is 1. The summed E-state index contributed by atoms with van der Waals surface area (Å²) < 4.78 is 62.5. The van der Waals surface area contributed by atoms with E-state index >= 15 is 0 Å². The topological polar surface area (TPSA) is 91.1 Å². The Morgan fingerprint density at radius 3 is 2.53 bits per heavy atom. The van der Waals surface area contributed by atoms with Gasteiger partial charge in [0.1, 0.15) is 30.5 Å². The lowest BCUT2D eigenvalue weighted by molar-refractivity contribution is -0.137. The van der Waals surface area contributed by atoms with Crippen LogP contribution in [0.5, 0.6) is 5.75 Å². The molecule has 1 aromatic heterocycles. The summed E-state index contributed by atoms with van der Waals surface area (Å²) in [5.41, 5.74) is -0.405. The molecule has 3 aromatic rings. The highest BCUT2D eigenvalue weighted by Crippen LogP contribution is 2.29. The number of oxazole rings is 1. The number of alkyl halides is 3. The van der Waals surface area contributed by atoms with Gasteiger partial charge in [-0.05, 0) is 42.0 Å². The zero-order valence-corrected chi connectivity index (χ0v) is 20.5. The number of carbonyl (C=O) groups is 1. The van der Waals surface area contributed by atoms with Crippen molar-refractivity contribution in [2.75, 3.05) is 39.3 Å². The Morgan fingerprint density at radius 2 is 1.82 bits per heavy atom. The van der Waals surface area contributed by atoms with Gasteiger partial charge in [-0.3, -0.25) is 14.6 Å². The summed E-state index contributed by atoms with van der Waals surface area (Å²) in [6.45, 7) is 3.66. The number of aromatic nitrogens is 1. The number of nitrogens with zero attached hydrogens (tertiary/aromatic N) is 3. The minimum Gasteiger partial charge on any atom is -0.491 e. The zero-order chi connectivity index (χ0) is 27.1. The molecule has 2 heterocycles. The Labute approximate surface area is 216 Å². The van der Waals surface area contributed by atoms with E-state index in [1.165, 1.54) is 42.7 Å². The lowest BCUT2D eigenvalue weighted by Gasteiger charge is -2.34. The van der Waals surface area contributed by atoms with Crippen LogP contribution in [0.4, 0.5) is 17.6 Å². The van der Waals surface area contributed by atoms with Crippen LogP contribution >= 0.6 is 0 Å². The number of aliphatic hydroxyl groups is 1. The van der Waals surface area contributed by atoms with Gasteiger partial charge >= 0.3 is 6.18 Å². The SMILES string of the molecule is O=C(NCc1cccc(C(F)(F)F)c1)c1coc(CN2CCN(CC(O)COc3ccc(F)cc3)CC2)n1. The number of hydrogen-bond acceptors (Lipinski definition) is 7. The first-order valence-corrected chi connectivity index (χ1v) is 12.1. The average molecular weight is 537 g/mol. The molecule has 1 amide bonds. The Morgan fingerprint density at radius 1 is 1.11 bits per heavy atom. The molecule has 0 bridgehead atoms. The maximum absolute atomic E-state index is 13.0. The second kappa shape index (κ2) is 12.4. The van der Waals surface area contributed by atoms with Gasteiger partial charge in [0.05, 0.1) is 12.1 Å². The molecule has 1 fully saturated rings. The first-order chi connectivity index (χ1) is 18.2. The molecule has 1 aliphatic rings. The fraction of sp³-hybridized carbons (Fsp3) is 0.385. The number of rotatable bonds is 10. The van der Waals surface area contributed by atoms with Crippen LogP contribution in [0, 0.1) is 5.82 Å². The van der Waals surface area contributed by atoms with Gasteiger partial charge < -0.3 is 19.6 Å². The van der Waals surface area contributed by atoms with Crippen molar-refractivity contribution in [3.63, 3.8) is 0 Å². The molecule has 204 valence electrons. The van der Waals surface area contributed by atoms with Crippen molar-refractivity contribution in [1.29, 1.82) is 0 Å². The van der Waals surface area contributed by atoms with Gasteiger partial charge in [-0.25, -0.2) is 9.37 Å². The van der Waals surface area contributed by atoms with Crippen molar-refractivity contribution in [2.45, 2.75) is 25.4 Å². The van der Waals surface area contributed by atoms with Crippen molar-refractivity contribution in [1.82, 2.24) is 20.1 Å². The van der Waals surface area contributed by atoms with Gasteiger partial charge in [-0.1, -0.05) is 12.1 Å². The summed E-state index contributed by atoms with van der Waals surface area (Å²) in [4.78, 5) is 20.8. The third-order valence-electron chi connectivity index (χ3n) is 6.04. The van der Waals surface area contributed by atoms with E-state index in [9.17, 15) is 27.5 Å². The molecular weight excluding hydrogens is 508 g/mol. The van der Waals surface area contributed by atoms with Gasteiger partial charge in [0.15, 0.2) is 5.69 Å². The molecule has 0 aliphatic carbocycles. The van der Waals surface area contributed by atoms with E-state index in [4.69, 9.17) is 9.15 Å². The quantitative estimate of drug-likeness (QED) is 0.384. The van der Waals surface area contributed by atoms with Crippen molar-refractivity contribution in [3.05, 3.63) is 83.3 Å². The number of hydrogen-bond donors (Lipinski definition) is 2. The Bertz CT molecular complexity index is 1190. The molecule has 0 spiro atoms. The number of halogens is 4. The molecule has 38 heavy (non-hydrogen) atoms. The second-order valence-electron chi connectivity index (χ2n) is 9.00. The van der Waals surface area contributed by atoms with Crippen LogP contribution < -0.4 is 10.1 Å². The van der Waals surface area contributed by atoms with Crippen LogP contribution in [0.25, 0.3) is 0 Å². The van der Waals surface area contributed by atoms with Crippen molar-refractivity contribution in [2.24, 2.45) is 0 Å². The highest BCUT2D eigenvalue weighted by atomic mass is 19.4. The van der Waals surface area contributed by atoms with E-state index in [0.717, 1.165) is 12.1 Å². The largest absolute Gasteiger partial charge is 0.491 e. The van der Waals surface area contributed by atoms with Gasteiger partial charge in [0.2, 0.25) is 5.89 Å². The highest BCUT2D eigenvalue weighted by Gasteiger charge is 2.30. The predicted octanol–water partition coefficient (Wildman–Crippen LogP) is 3.32. The second-order valence-corrected chi connectivity index (χ2v) is 9.00. The maximum Gasteiger partial charge on any atom is 0.416 e. The summed E-state index contributed by atoms with van der Waals surface area (Å²) in [5.74, 6) is -0.0477. The van der Waals surface area contributed by atoms with Gasteiger partial charge in [0, 0.05) is 39.3 Å².